The van der Waals surface area contributed by atoms with E-state index in [9.17, 15) is 35.1 Å². The van der Waals surface area contributed by atoms with Gasteiger partial charge in [-0.05, 0) is 42.0 Å². The van der Waals surface area contributed by atoms with Gasteiger partial charge in [-0.15, -0.1) is 11.3 Å². The summed E-state index contributed by atoms with van der Waals surface area (Å²) >= 11 is 1.09. The zero-order valence-electron chi connectivity index (χ0n) is 21.0. The summed E-state index contributed by atoms with van der Waals surface area (Å²) in [4.78, 5) is 1.81. The molecule has 1 aromatic carbocycles. The third-order valence-electron chi connectivity index (χ3n) is 6.30. The van der Waals surface area contributed by atoms with Crippen molar-refractivity contribution in [3.63, 3.8) is 0 Å². The van der Waals surface area contributed by atoms with Crippen molar-refractivity contribution in [2.75, 3.05) is 43.9 Å². The lowest BCUT2D eigenvalue weighted by Gasteiger charge is -2.43. The highest BCUT2D eigenvalue weighted by Gasteiger charge is 2.51. The maximum absolute atomic E-state index is 13.3. The smallest absolute Gasteiger partial charge is 0.376 e. The van der Waals surface area contributed by atoms with E-state index in [4.69, 9.17) is 0 Å². The number of sulfonamides is 2. The lowest BCUT2D eigenvalue weighted by atomic mass is 9.95. The summed E-state index contributed by atoms with van der Waals surface area (Å²) in [6.07, 6.45) is -3.78. The van der Waals surface area contributed by atoms with Crippen LogP contribution in [0.25, 0.3) is 0 Å². The minimum atomic E-state index is -4.87. The van der Waals surface area contributed by atoms with Crippen LogP contribution in [0.3, 0.4) is 0 Å². The number of halogens is 3. The lowest BCUT2D eigenvalue weighted by Crippen LogP contribution is -2.59. The van der Waals surface area contributed by atoms with Crippen LogP contribution in [0, 0.1) is 5.92 Å². The second-order valence-electron chi connectivity index (χ2n) is 9.73. The van der Waals surface area contributed by atoms with Gasteiger partial charge in [0.2, 0.25) is 10.0 Å². The Morgan fingerprint density at radius 1 is 1.11 bits per heavy atom. The van der Waals surface area contributed by atoms with E-state index in [0.29, 0.717) is 12.6 Å². The fourth-order valence-corrected chi connectivity index (χ4v) is 7.83. The minimum Gasteiger partial charge on any atom is -0.376 e. The highest BCUT2D eigenvalue weighted by Crippen LogP contribution is 2.39. The summed E-state index contributed by atoms with van der Waals surface area (Å²) in [6.45, 7) is 4.95. The summed E-state index contributed by atoms with van der Waals surface area (Å²) in [5.41, 5.74) is -2.88. The number of rotatable bonds is 9. The zero-order valence-corrected chi connectivity index (χ0v) is 23.5. The molecule has 3 rings (SSSR count). The van der Waals surface area contributed by atoms with Gasteiger partial charge in [-0.3, -0.25) is 0 Å². The number of aliphatic hydroxyl groups is 1. The number of hydrogen-bond acceptors (Lipinski definition) is 7. The van der Waals surface area contributed by atoms with Gasteiger partial charge in [0.25, 0.3) is 10.0 Å². The summed E-state index contributed by atoms with van der Waals surface area (Å²) < 4.78 is 94.1. The van der Waals surface area contributed by atoms with Crippen LogP contribution in [-0.2, 0) is 25.6 Å². The number of alkyl halides is 3. The van der Waals surface area contributed by atoms with Crippen LogP contribution in [0.4, 0.5) is 18.9 Å². The molecule has 1 N–H and O–H groups in total. The lowest BCUT2D eigenvalue weighted by molar-refractivity contribution is -0.258. The third-order valence-corrected chi connectivity index (χ3v) is 10.8. The molecule has 0 bridgehead atoms. The molecule has 0 amide bonds. The van der Waals surface area contributed by atoms with Crippen molar-refractivity contribution in [3.8, 4) is 0 Å². The van der Waals surface area contributed by atoms with Crippen molar-refractivity contribution in [1.29, 1.82) is 0 Å². The molecule has 0 radical (unpaired) electrons. The van der Waals surface area contributed by atoms with Crippen LogP contribution in [0.15, 0.2) is 46.0 Å². The van der Waals surface area contributed by atoms with Gasteiger partial charge in [0.05, 0.1) is 12.3 Å². The quantitative estimate of drug-likeness (QED) is 0.487. The average molecular weight is 584 g/mol. The maximum atomic E-state index is 13.3. The Hall–Kier alpha value is -1.71. The minimum absolute atomic E-state index is 0.00447. The predicted octanol–water partition coefficient (Wildman–Crippen LogP) is 3.32. The molecule has 1 aliphatic heterocycles. The van der Waals surface area contributed by atoms with Crippen LogP contribution in [0.1, 0.15) is 26.3 Å². The Bertz CT molecular complexity index is 1260. The zero-order chi connectivity index (χ0) is 27.8. The molecule has 14 heteroatoms. The highest BCUT2D eigenvalue weighted by molar-refractivity contribution is 7.91. The van der Waals surface area contributed by atoms with Gasteiger partial charge in [0.1, 0.15) is 4.21 Å². The van der Waals surface area contributed by atoms with Crippen molar-refractivity contribution in [2.24, 2.45) is 5.92 Å². The number of hydrogen-bond donors (Lipinski definition) is 1. The molecule has 1 aromatic heterocycles. The topological polar surface area (TPSA) is 98.2 Å². The number of benzene rings is 1. The van der Waals surface area contributed by atoms with E-state index in [2.05, 4.69) is 0 Å². The summed E-state index contributed by atoms with van der Waals surface area (Å²) in [6, 6.07) is 7.75. The van der Waals surface area contributed by atoms with Crippen LogP contribution < -0.4 is 4.90 Å². The Labute approximate surface area is 220 Å². The largest absolute Gasteiger partial charge is 0.421 e. The van der Waals surface area contributed by atoms with Gasteiger partial charge >= 0.3 is 6.18 Å². The Morgan fingerprint density at radius 2 is 1.73 bits per heavy atom. The van der Waals surface area contributed by atoms with Crippen LogP contribution in [0.2, 0.25) is 0 Å². The standard InChI is InChI=1S/C23H32F3N3O5S3/c1-17(2)14-28(36(4,31)32)16-20-15-27(37(33,34)21-6-5-13-35-21)11-12-29(20)19-9-7-18(8-10-19)22(3,30)23(24,25)26/h5-10,13,17,20,30H,11-12,14-16H2,1-4H3/t20-,22-/m1/s1. The predicted molar refractivity (Wildman–Crippen MR) is 138 cm³/mol. The fraction of sp³-hybridized carbons (Fsp3) is 0.565. The molecule has 1 saturated heterocycles. The summed E-state index contributed by atoms with van der Waals surface area (Å²) in [5, 5.41) is 11.7. The molecule has 1 fully saturated rings. The first-order valence-corrected chi connectivity index (χ1v) is 15.8. The van der Waals surface area contributed by atoms with Crippen LogP contribution in [-0.4, -0.2) is 81.8 Å². The first kappa shape index (κ1) is 29.8. The van der Waals surface area contributed by atoms with E-state index in [-0.39, 0.29) is 48.4 Å². The highest BCUT2D eigenvalue weighted by atomic mass is 32.2. The Kier molecular flexibility index (Phi) is 8.72. The average Bonchev–Trinajstić information content (AvgIpc) is 3.33. The van der Waals surface area contributed by atoms with Crippen molar-refractivity contribution in [2.45, 2.75) is 42.8 Å². The molecule has 0 unspecified atom stereocenters. The SMILES string of the molecule is CC(C)CN(C[C@H]1CN(S(=O)(=O)c2cccs2)CCN1c1ccc([C@@](C)(O)C(F)(F)F)cc1)S(C)(=O)=O. The number of piperazine rings is 1. The van der Waals surface area contributed by atoms with Gasteiger partial charge < -0.3 is 10.0 Å². The number of nitrogens with zero attached hydrogens (tertiary/aromatic N) is 3. The summed E-state index contributed by atoms with van der Waals surface area (Å²) in [5.74, 6) is 0.0154. The van der Waals surface area contributed by atoms with Crippen LogP contribution >= 0.6 is 11.3 Å². The van der Waals surface area contributed by atoms with Gasteiger partial charge in [0, 0.05) is 38.4 Å². The molecule has 2 atom stereocenters. The molecule has 2 aromatic rings. The third kappa shape index (κ3) is 6.66. The van der Waals surface area contributed by atoms with E-state index in [0.717, 1.165) is 17.6 Å². The molecule has 0 aliphatic carbocycles. The van der Waals surface area contributed by atoms with Crippen LogP contribution in [0.5, 0.6) is 0 Å². The number of thiophene rings is 1. The molecule has 2 heterocycles. The summed E-state index contributed by atoms with van der Waals surface area (Å²) in [7, 11) is -7.42. The van der Waals surface area contributed by atoms with Gasteiger partial charge in [-0.25, -0.2) is 16.8 Å². The molecular weight excluding hydrogens is 551 g/mol. The Morgan fingerprint density at radius 3 is 2.22 bits per heavy atom. The molecule has 8 nitrogen and oxygen atoms in total. The van der Waals surface area contributed by atoms with Gasteiger partial charge in [-0.1, -0.05) is 32.0 Å². The second-order valence-corrected chi connectivity index (χ2v) is 14.8. The van der Waals surface area contributed by atoms with Crippen molar-refractivity contribution >= 4 is 37.1 Å². The van der Waals surface area contributed by atoms with E-state index >= 15 is 0 Å². The van der Waals surface area contributed by atoms with E-state index in [1.165, 1.54) is 38.9 Å². The molecule has 37 heavy (non-hydrogen) atoms. The fourth-order valence-electron chi connectivity index (χ4n) is 4.21. The first-order valence-electron chi connectivity index (χ1n) is 11.6. The van der Waals surface area contributed by atoms with E-state index in [1.807, 2.05) is 18.7 Å². The van der Waals surface area contributed by atoms with Crippen molar-refractivity contribution in [1.82, 2.24) is 8.61 Å². The Balaban J connectivity index is 1.96. The first-order chi connectivity index (χ1) is 16.9. The van der Waals surface area contributed by atoms with E-state index < -0.39 is 37.9 Å². The van der Waals surface area contributed by atoms with Gasteiger partial charge in [0.15, 0.2) is 5.60 Å². The van der Waals surface area contributed by atoms with Crippen molar-refractivity contribution < 1.29 is 35.1 Å². The second kappa shape index (κ2) is 10.8. The van der Waals surface area contributed by atoms with Gasteiger partial charge in [-0.2, -0.15) is 21.8 Å². The molecule has 0 spiro atoms. The normalized spacial score (nSPS) is 19.9. The molecular formula is C23H32F3N3O5S3. The molecule has 208 valence electrons. The van der Waals surface area contributed by atoms with E-state index in [1.54, 1.807) is 11.4 Å². The monoisotopic (exact) mass is 583 g/mol. The maximum Gasteiger partial charge on any atom is 0.421 e. The molecule has 1 aliphatic rings. The molecule has 0 saturated carbocycles. The number of anilines is 1. The van der Waals surface area contributed by atoms with Crippen molar-refractivity contribution in [3.05, 3.63) is 47.3 Å².